The molecular formula is C14H28OSi. The molecule has 0 aromatic carbocycles. The molecule has 0 aliphatic heterocycles. The summed E-state index contributed by atoms with van der Waals surface area (Å²) in [7, 11) is -1.57. The SMILES string of the molecule is C/C=C/C=C\[C@H](C)CO[Si](C)(C)C(C)(C)C. The van der Waals surface area contributed by atoms with E-state index in [1.807, 2.05) is 13.0 Å². The van der Waals surface area contributed by atoms with Gasteiger partial charge in [-0.25, -0.2) is 0 Å². The molecule has 0 aliphatic rings. The molecule has 0 amide bonds. The van der Waals surface area contributed by atoms with E-state index in [4.69, 9.17) is 4.43 Å². The van der Waals surface area contributed by atoms with Crippen molar-refractivity contribution in [2.24, 2.45) is 5.92 Å². The van der Waals surface area contributed by atoms with Crippen molar-refractivity contribution in [2.75, 3.05) is 6.61 Å². The molecule has 0 heterocycles. The summed E-state index contributed by atoms with van der Waals surface area (Å²) >= 11 is 0. The van der Waals surface area contributed by atoms with E-state index in [1.54, 1.807) is 0 Å². The molecule has 0 unspecified atom stereocenters. The van der Waals surface area contributed by atoms with Crippen LogP contribution in [0.25, 0.3) is 0 Å². The molecule has 0 aliphatic carbocycles. The molecule has 0 bridgehead atoms. The van der Waals surface area contributed by atoms with E-state index in [2.05, 4.69) is 59.0 Å². The standard InChI is InChI=1S/C14H28OSi/c1-8-9-10-11-13(2)12-15-16(6,7)14(3,4)5/h8-11,13H,12H2,1-7H3/b9-8+,11-10-/t13-/m0/s1. The van der Waals surface area contributed by atoms with E-state index in [-0.39, 0.29) is 0 Å². The third-order valence-corrected chi connectivity index (χ3v) is 7.76. The molecule has 0 saturated heterocycles. The Morgan fingerprint density at radius 2 is 1.75 bits per heavy atom. The first-order valence-electron chi connectivity index (χ1n) is 6.14. The summed E-state index contributed by atoms with van der Waals surface area (Å²) < 4.78 is 6.15. The minimum Gasteiger partial charge on any atom is -0.416 e. The minimum absolute atomic E-state index is 0.305. The van der Waals surface area contributed by atoms with Crippen LogP contribution in [0.2, 0.25) is 18.1 Å². The van der Waals surface area contributed by atoms with Gasteiger partial charge in [-0.2, -0.15) is 0 Å². The summed E-state index contributed by atoms with van der Waals surface area (Å²) in [6, 6.07) is 0. The third-order valence-electron chi connectivity index (χ3n) is 3.26. The van der Waals surface area contributed by atoms with Gasteiger partial charge >= 0.3 is 0 Å². The fourth-order valence-electron chi connectivity index (χ4n) is 0.977. The van der Waals surface area contributed by atoms with E-state index < -0.39 is 8.32 Å². The van der Waals surface area contributed by atoms with Crippen molar-refractivity contribution < 1.29 is 4.43 Å². The highest BCUT2D eigenvalue weighted by molar-refractivity contribution is 6.74. The molecule has 0 radical (unpaired) electrons. The summed E-state index contributed by atoms with van der Waals surface area (Å²) in [5.74, 6) is 0.491. The zero-order chi connectivity index (χ0) is 12.8. The Balaban J connectivity index is 4.15. The number of rotatable bonds is 5. The second kappa shape index (κ2) is 6.41. The lowest BCUT2D eigenvalue weighted by molar-refractivity contribution is 0.259. The molecule has 2 heteroatoms. The van der Waals surface area contributed by atoms with Gasteiger partial charge in [0, 0.05) is 6.61 Å². The van der Waals surface area contributed by atoms with Crippen molar-refractivity contribution >= 4 is 8.32 Å². The Bertz CT molecular complexity index is 246. The van der Waals surface area contributed by atoms with Crippen molar-refractivity contribution in [3.63, 3.8) is 0 Å². The van der Waals surface area contributed by atoms with E-state index in [0.717, 1.165) is 6.61 Å². The van der Waals surface area contributed by atoms with E-state index >= 15 is 0 Å². The van der Waals surface area contributed by atoms with Crippen LogP contribution in [0.3, 0.4) is 0 Å². The molecule has 1 atom stereocenters. The third kappa shape index (κ3) is 5.66. The summed E-state index contributed by atoms with van der Waals surface area (Å²) in [5.41, 5.74) is 0. The fourth-order valence-corrected chi connectivity index (χ4v) is 2.09. The molecule has 0 N–H and O–H groups in total. The Morgan fingerprint density at radius 3 is 2.19 bits per heavy atom. The first-order chi connectivity index (χ1) is 7.20. The van der Waals surface area contributed by atoms with Gasteiger partial charge in [0.05, 0.1) is 0 Å². The molecule has 94 valence electrons. The lowest BCUT2D eigenvalue weighted by Crippen LogP contribution is -2.41. The molecule has 1 nitrogen and oxygen atoms in total. The molecule has 0 fully saturated rings. The van der Waals surface area contributed by atoms with Crippen LogP contribution in [0, 0.1) is 5.92 Å². The fraction of sp³-hybridized carbons (Fsp3) is 0.714. The van der Waals surface area contributed by atoms with Gasteiger partial charge in [-0.1, -0.05) is 52.0 Å². The van der Waals surface area contributed by atoms with Crippen LogP contribution in [0.15, 0.2) is 24.3 Å². The predicted octanol–water partition coefficient (Wildman–Crippen LogP) is 4.78. The predicted molar refractivity (Wildman–Crippen MR) is 76.3 cm³/mol. The Hall–Kier alpha value is -0.343. The second-order valence-electron chi connectivity index (χ2n) is 5.96. The van der Waals surface area contributed by atoms with Crippen LogP contribution in [-0.2, 0) is 4.43 Å². The van der Waals surface area contributed by atoms with E-state index in [1.165, 1.54) is 0 Å². The van der Waals surface area contributed by atoms with Gasteiger partial charge in [0.15, 0.2) is 8.32 Å². The molecule has 0 aromatic heterocycles. The number of hydrogen-bond acceptors (Lipinski definition) is 1. The van der Waals surface area contributed by atoms with E-state index in [0.29, 0.717) is 11.0 Å². The quantitative estimate of drug-likeness (QED) is 0.496. The van der Waals surface area contributed by atoms with Crippen molar-refractivity contribution in [1.29, 1.82) is 0 Å². The van der Waals surface area contributed by atoms with Crippen LogP contribution in [0.1, 0.15) is 34.6 Å². The molecular weight excluding hydrogens is 212 g/mol. The Morgan fingerprint density at radius 1 is 1.19 bits per heavy atom. The molecule has 0 spiro atoms. The maximum absolute atomic E-state index is 6.15. The normalized spacial score (nSPS) is 16.2. The van der Waals surface area contributed by atoms with Gasteiger partial charge in [-0.15, -0.1) is 0 Å². The van der Waals surface area contributed by atoms with Gasteiger partial charge in [0.2, 0.25) is 0 Å². The maximum Gasteiger partial charge on any atom is 0.192 e. The van der Waals surface area contributed by atoms with Crippen LogP contribution in [-0.4, -0.2) is 14.9 Å². The van der Waals surface area contributed by atoms with Crippen molar-refractivity contribution in [1.82, 2.24) is 0 Å². The van der Waals surface area contributed by atoms with Gasteiger partial charge in [-0.05, 0) is 31.0 Å². The topological polar surface area (TPSA) is 9.23 Å². The van der Waals surface area contributed by atoms with Crippen LogP contribution >= 0.6 is 0 Å². The van der Waals surface area contributed by atoms with Crippen molar-refractivity contribution in [3.8, 4) is 0 Å². The first kappa shape index (κ1) is 15.7. The van der Waals surface area contributed by atoms with Gasteiger partial charge in [0.25, 0.3) is 0 Å². The van der Waals surface area contributed by atoms with Gasteiger partial charge in [-0.3, -0.25) is 0 Å². The van der Waals surface area contributed by atoms with Gasteiger partial charge < -0.3 is 4.43 Å². The largest absolute Gasteiger partial charge is 0.416 e. The number of hydrogen-bond donors (Lipinski definition) is 0. The second-order valence-corrected chi connectivity index (χ2v) is 10.8. The Labute approximate surface area is 103 Å². The zero-order valence-electron chi connectivity index (χ0n) is 12.0. The van der Waals surface area contributed by atoms with Crippen LogP contribution in [0.5, 0.6) is 0 Å². The summed E-state index contributed by atoms with van der Waals surface area (Å²) in [6.07, 6.45) is 8.40. The molecule has 0 saturated carbocycles. The van der Waals surface area contributed by atoms with Crippen LogP contribution in [0.4, 0.5) is 0 Å². The highest BCUT2D eigenvalue weighted by atomic mass is 28.4. The molecule has 16 heavy (non-hydrogen) atoms. The number of allylic oxidation sites excluding steroid dienone is 3. The lowest BCUT2D eigenvalue weighted by Gasteiger charge is -2.36. The van der Waals surface area contributed by atoms with Crippen molar-refractivity contribution in [3.05, 3.63) is 24.3 Å². The summed E-state index contributed by atoms with van der Waals surface area (Å²) in [4.78, 5) is 0. The molecule has 0 aromatic rings. The summed E-state index contributed by atoms with van der Waals surface area (Å²) in [5, 5.41) is 0.305. The highest BCUT2D eigenvalue weighted by Crippen LogP contribution is 2.36. The van der Waals surface area contributed by atoms with E-state index in [9.17, 15) is 0 Å². The highest BCUT2D eigenvalue weighted by Gasteiger charge is 2.37. The maximum atomic E-state index is 6.15. The molecule has 0 rings (SSSR count). The zero-order valence-corrected chi connectivity index (χ0v) is 13.0. The van der Waals surface area contributed by atoms with Crippen molar-refractivity contribution in [2.45, 2.75) is 52.8 Å². The average molecular weight is 240 g/mol. The Kier molecular flexibility index (Phi) is 6.27. The first-order valence-corrected chi connectivity index (χ1v) is 9.05. The average Bonchev–Trinajstić information content (AvgIpc) is 2.13. The summed E-state index contributed by atoms with van der Waals surface area (Å²) in [6.45, 7) is 16.5. The van der Waals surface area contributed by atoms with Gasteiger partial charge in [0.1, 0.15) is 0 Å². The lowest BCUT2D eigenvalue weighted by atomic mass is 10.2. The minimum atomic E-state index is -1.57. The monoisotopic (exact) mass is 240 g/mol. The van der Waals surface area contributed by atoms with Crippen LogP contribution < -0.4 is 0 Å². The smallest absolute Gasteiger partial charge is 0.192 e.